The van der Waals surface area contributed by atoms with Crippen LogP contribution >= 0.6 is 0 Å². The number of nitrogens with zero attached hydrogens (tertiary/aromatic N) is 5. The van der Waals surface area contributed by atoms with E-state index < -0.39 is 35.0 Å². The van der Waals surface area contributed by atoms with Crippen LogP contribution in [0.4, 0.5) is 0 Å². The Morgan fingerprint density at radius 3 is 2.70 bits per heavy atom. The molecule has 3 fully saturated rings. The van der Waals surface area contributed by atoms with E-state index in [9.17, 15) is 19.5 Å². The molecule has 2 bridgehead atoms. The first-order chi connectivity index (χ1) is 21.2. The van der Waals surface area contributed by atoms with Gasteiger partial charge in [0.2, 0.25) is 11.8 Å². The number of amides is 2. The molecule has 0 saturated carbocycles. The number of fused-ring (bicyclic) bond motifs is 2. The smallest absolute Gasteiger partial charge is 0.312 e. The number of likely N-dealkylation sites (tertiary alicyclic amines) is 1. The highest BCUT2D eigenvalue weighted by atomic mass is 16.6. The molecule has 3 aliphatic heterocycles. The van der Waals surface area contributed by atoms with Crippen LogP contribution in [0, 0.1) is 17.8 Å². The van der Waals surface area contributed by atoms with Crippen molar-refractivity contribution in [3.63, 3.8) is 0 Å². The molecule has 3 saturated heterocycles. The number of allylic oxidation sites excluding steroid dienone is 1. The number of esters is 1. The first kappa shape index (κ1) is 31.8. The first-order valence-electron chi connectivity index (χ1n) is 15.8. The fraction of sp³-hybridized carbons (Fsp3) is 0.606. The van der Waals surface area contributed by atoms with Crippen molar-refractivity contribution in [2.45, 2.75) is 82.7 Å². The molecule has 11 nitrogen and oxygen atoms in total. The van der Waals surface area contributed by atoms with Crippen molar-refractivity contribution in [2.75, 3.05) is 26.3 Å². The Kier molecular flexibility index (Phi) is 9.55. The molecule has 3 aliphatic rings. The summed E-state index contributed by atoms with van der Waals surface area (Å²) in [5.74, 6) is -2.67. The molecule has 1 N–H and O–H groups in total. The van der Waals surface area contributed by atoms with Gasteiger partial charge in [0.05, 0.1) is 23.6 Å². The van der Waals surface area contributed by atoms with Crippen LogP contribution in [-0.4, -0.2) is 91.2 Å². The van der Waals surface area contributed by atoms with Crippen LogP contribution in [0.15, 0.2) is 49.6 Å². The van der Waals surface area contributed by atoms with Crippen LogP contribution < -0.4 is 0 Å². The van der Waals surface area contributed by atoms with Gasteiger partial charge in [-0.15, -0.1) is 18.3 Å². The van der Waals surface area contributed by atoms with Crippen molar-refractivity contribution < 1.29 is 29.0 Å². The molecule has 11 heteroatoms. The minimum Gasteiger partial charge on any atom is -0.465 e. The van der Waals surface area contributed by atoms with E-state index in [-0.39, 0.29) is 44.2 Å². The number of hydrogen-bond donors (Lipinski definition) is 1. The minimum absolute atomic E-state index is 0.0795. The van der Waals surface area contributed by atoms with Gasteiger partial charge >= 0.3 is 5.97 Å². The number of ether oxygens (including phenoxy) is 2. The lowest BCUT2D eigenvalue weighted by atomic mass is 9.62. The molecule has 4 heterocycles. The van der Waals surface area contributed by atoms with Gasteiger partial charge in [0, 0.05) is 19.7 Å². The largest absolute Gasteiger partial charge is 0.465 e. The van der Waals surface area contributed by atoms with E-state index in [4.69, 9.17) is 9.47 Å². The summed E-state index contributed by atoms with van der Waals surface area (Å²) in [5.41, 5.74) is -0.603. The number of aliphatic hydroxyl groups is 1. The molecule has 1 spiro atoms. The zero-order valence-corrected chi connectivity index (χ0v) is 25.9. The Hall–Kier alpha value is -3.57. The van der Waals surface area contributed by atoms with Crippen LogP contribution in [0.5, 0.6) is 0 Å². The lowest BCUT2D eigenvalue weighted by Gasteiger charge is -2.37. The van der Waals surface area contributed by atoms with Crippen LogP contribution in [-0.2, 0) is 30.5 Å². The Labute approximate surface area is 258 Å². The van der Waals surface area contributed by atoms with Crippen molar-refractivity contribution in [2.24, 2.45) is 17.8 Å². The molecule has 3 unspecified atom stereocenters. The van der Waals surface area contributed by atoms with Gasteiger partial charge in [0.1, 0.15) is 29.7 Å². The third-order valence-electron chi connectivity index (χ3n) is 9.79. The maximum Gasteiger partial charge on any atom is 0.312 e. The molecule has 2 amide bonds. The molecule has 0 aliphatic carbocycles. The highest BCUT2D eigenvalue weighted by molar-refractivity contribution is 5.98. The molecule has 1 aromatic heterocycles. The molecular formula is C33H45N5O6. The lowest BCUT2D eigenvalue weighted by molar-refractivity contribution is -0.162. The lowest BCUT2D eigenvalue weighted by Crippen LogP contribution is -2.56. The number of unbranched alkanes of at least 4 members (excludes halogenated alkanes) is 4. The number of aromatic nitrogens is 3. The van der Waals surface area contributed by atoms with E-state index in [1.807, 2.05) is 38.1 Å². The summed E-state index contributed by atoms with van der Waals surface area (Å²) in [4.78, 5) is 46.1. The first-order valence-corrected chi connectivity index (χ1v) is 15.8. The summed E-state index contributed by atoms with van der Waals surface area (Å²) in [6.45, 7) is 12.6. The number of carbonyl (C=O) groups is 3. The van der Waals surface area contributed by atoms with Gasteiger partial charge in [-0.05, 0) is 57.1 Å². The van der Waals surface area contributed by atoms with Crippen molar-refractivity contribution in [1.82, 2.24) is 24.8 Å². The highest BCUT2D eigenvalue weighted by Crippen LogP contribution is 2.65. The average molecular weight is 608 g/mol. The Balaban J connectivity index is 1.49. The van der Waals surface area contributed by atoms with Gasteiger partial charge in [-0.1, -0.05) is 49.3 Å². The molecule has 238 valence electrons. The monoisotopic (exact) mass is 607 g/mol. The van der Waals surface area contributed by atoms with Crippen LogP contribution in [0.2, 0.25) is 0 Å². The summed E-state index contributed by atoms with van der Waals surface area (Å²) < 4.78 is 14.2. The molecule has 44 heavy (non-hydrogen) atoms. The maximum atomic E-state index is 14.7. The van der Waals surface area contributed by atoms with Gasteiger partial charge in [-0.3, -0.25) is 14.4 Å². The molecule has 0 radical (unpaired) electrons. The summed E-state index contributed by atoms with van der Waals surface area (Å²) in [6.07, 6.45) is 8.24. The highest BCUT2D eigenvalue weighted by Gasteiger charge is 2.80. The molecule has 2 aromatic rings. The van der Waals surface area contributed by atoms with Crippen molar-refractivity contribution in [1.29, 1.82) is 0 Å². The Morgan fingerprint density at radius 2 is 1.95 bits per heavy atom. The summed E-state index contributed by atoms with van der Waals surface area (Å²) >= 11 is 0. The van der Waals surface area contributed by atoms with Crippen LogP contribution in [0.1, 0.15) is 58.8 Å². The van der Waals surface area contributed by atoms with Gasteiger partial charge in [-0.2, -0.15) is 0 Å². The van der Waals surface area contributed by atoms with Crippen LogP contribution in [0.3, 0.4) is 0 Å². The quantitative estimate of drug-likeness (QED) is 0.175. The minimum atomic E-state index is -1.16. The Morgan fingerprint density at radius 1 is 1.18 bits per heavy atom. The Bertz CT molecular complexity index is 1390. The van der Waals surface area contributed by atoms with Crippen molar-refractivity contribution in [3.8, 4) is 0 Å². The second kappa shape index (κ2) is 13.2. The number of hydrogen-bond acceptors (Lipinski definition) is 8. The van der Waals surface area contributed by atoms with Gasteiger partial charge in [0.25, 0.3) is 0 Å². The van der Waals surface area contributed by atoms with Crippen molar-refractivity contribution in [3.05, 3.63) is 49.6 Å². The topological polar surface area (TPSA) is 127 Å². The maximum absolute atomic E-state index is 14.7. The number of rotatable bonds is 16. The number of para-hydroxylation sites is 1. The van der Waals surface area contributed by atoms with Gasteiger partial charge in [0.15, 0.2) is 0 Å². The van der Waals surface area contributed by atoms with Gasteiger partial charge in [-0.25, -0.2) is 4.68 Å². The second-order valence-electron chi connectivity index (χ2n) is 12.5. The summed E-state index contributed by atoms with van der Waals surface area (Å²) in [6, 6.07) is 6.61. The molecular weight excluding hydrogens is 562 g/mol. The van der Waals surface area contributed by atoms with E-state index in [1.165, 1.54) is 0 Å². The van der Waals surface area contributed by atoms with E-state index in [0.717, 1.165) is 24.8 Å². The van der Waals surface area contributed by atoms with E-state index in [0.29, 0.717) is 37.7 Å². The second-order valence-corrected chi connectivity index (χ2v) is 12.5. The normalized spacial score (nSPS) is 28.8. The standard InChI is InChI=1S/C33H45N5O6/c1-5-7-14-20-43-31(42)27-26-29(40)37(18-12-8-9-13-19-39)28(33(26)21-23(3)32(27,4)44-33)30(41)36(17-6-2)22-38-25-16-11-10-15-24(25)34-35-38/h5-6,10-11,15-16,23,26-28,39H,1-2,7-9,12-14,17-22H2,3-4H3/t23?,26-,27+,28?,32-,33?/m0/s1. The molecule has 5 rings (SSSR count). The summed E-state index contributed by atoms with van der Waals surface area (Å²) in [5, 5.41) is 17.7. The number of aliphatic hydroxyl groups excluding tert-OH is 1. The van der Waals surface area contributed by atoms with Crippen molar-refractivity contribution >= 4 is 28.8 Å². The van der Waals surface area contributed by atoms with E-state index in [1.54, 1.807) is 26.6 Å². The number of carbonyl (C=O) groups excluding carboxylic acids is 3. The fourth-order valence-corrected chi connectivity index (χ4v) is 7.58. The molecule has 1 aromatic carbocycles. The zero-order valence-electron chi connectivity index (χ0n) is 25.9. The van der Waals surface area contributed by atoms with E-state index >= 15 is 0 Å². The third-order valence-corrected chi connectivity index (χ3v) is 9.79. The zero-order chi connectivity index (χ0) is 31.5. The average Bonchev–Trinajstić information content (AvgIpc) is 3.68. The molecule has 6 atom stereocenters. The fourth-order valence-electron chi connectivity index (χ4n) is 7.58. The summed E-state index contributed by atoms with van der Waals surface area (Å²) in [7, 11) is 0. The predicted octanol–water partition coefficient (Wildman–Crippen LogP) is 3.48. The van der Waals surface area contributed by atoms with Gasteiger partial charge < -0.3 is 24.4 Å². The number of benzene rings is 1. The SMILES string of the molecule is C=CCCCOC(=O)[C@H]1[C@H]2C(=O)N(CCCCCCO)C(C(=O)N(CC=C)Cn3nnc4ccccc43)C23CC(C)[C@]1(C)O3. The van der Waals surface area contributed by atoms with Crippen LogP contribution in [0.25, 0.3) is 11.0 Å². The third kappa shape index (κ3) is 5.45. The predicted molar refractivity (Wildman–Crippen MR) is 164 cm³/mol. The van der Waals surface area contributed by atoms with E-state index in [2.05, 4.69) is 23.5 Å².